The van der Waals surface area contributed by atoms with Crippen molar-refractivity contribution in [2.75, 3.05) is 18.4 Å². The fourth-order valence-electron chi connectivity index (χ4n) is 5.88. The van der Waals surface area contributed by atoms with Gasteiger partial charge in [-0.15, -0.1) is 0 Å². The highest BCUT2D eigenvalue weighted by Crippen LogP contribution is 2.45. The summed E-state index contributed by atoms with van der Waals surface area (Å²) in [6.07, 6.45) is 5.70. The minimum atomic E-state index is -0.368. The lowest BCUT2D eigenvalue weighted by Crippen LogP contribution is -2.44. The molecule has 4 heterocycles. The quantitative estimate of drug-likeness (QED) is 0.377. The van der Waals surface area contributed by atoms with E-state index >= 15 is 0 Å². The van der Waals surface area contributed by atoms with E-state index in [4.69, 9.17) is 0 Å². The Morgan fingerprint density at radius 3 is 2.66 bits per heavy atom. The van der Waals surface area contributed by atoms with E-state index in [1.807, 2.05) is 12.3 Å². The minimum absolute atomic E-state index is 0.154. The molecule has 0 aliphatic carbocycles. The van der Waals surface area contributed by atoms with Crippen LogP contribution < -0.4 is 10.6 Å². The number of pyridine rings is 1. The molecule has 1 spiro atoms. The topological polar surface area (TPSA) is 59.0 Å². The summed E-state index contributed by atoms with van der Waals surface area (Å²) >= 11 is 0. The standard InChI is InChI=1S/C30H26N4O/c35-29-30(10-13-31-14-11-30)25-7-6-22(17-27(25)33-29)23-5-4-21-9-15-34(28(21)18-23)19-20-3-8-26-24(16-20)2-1-12-32-26/h1-9,12,15-18,31H,10-11,13-14,19H2,(H,33,35). The number of aromatic nitrogens is 2. The highest BCUT2D eigenvalue weighted by Gasteiger charge is 2.47. The molecule has 3 aromatic carbocycles. The predicted octanol–water partition coefficient (Wildman–Crippen LogP) is 5.48. The number of amides is 1. The molecule has 5 heteroatoms. The first-order valence-electron chi connectivity index (χ1n) is 12.3. The second-order valence-corrected chi connectivity index (χ2v) is 9.79. The molecule has 5 nitrogen and oxygen atoms in total. The van der Waals surface area contributed by atoms with Gasteiger partial charge in [-0.1, -0.05) is 36.4 Å². The molecule has 1 fully saturated rings. The maximum absolute atomic E-state index is 12.9. The normalized spacial score (nSPS) is 16.6. The molecule has 2 aromatic heterocycles. The number of benzene rings is 3. The molecule has 0 unspecified atom stereocenters. The summed E-state index contributed by atoms with van der Waals surface area (Å²) in [5, 5.41) is 8.95. The van der Waals surface area contributed by atoms with E-state index < -0.39 is 0 Å². The second kappa shape index (κ2) is 7.79. The lowest BCUT2D eigenvalue weighted by atomic mass is 9.74. The summed E-state index contributed by atoms with van der Waals surface area (Å²) in [6.45, 7) is 2.57. The van der Waals surface area contributed by atoms with Crippen LogP contribution in [-0.4, -0.2) is 28.5 Å². The number of fused-ring (bicyclic) bond motifs is 4. The number of hydrogen-bond donors (Lipinski definition) is 2. The Morgan fingerprint density at radius 2 is 1.74 bits per heavy atom. The molecule has 2 aliphatic rings. The molecule has 1 amide bonds. The van der Waals surface area contributed by atoms with E-state index in [1.54, 1.807) is 0 Å². The minimum Gasteiger partial charge on any atom is -0.343 e. The summed E-state index contributed by atoms with van der Waals surface area (Å²) in [5.41, 5.74) is 7.51. The highest BCUT2D eigenvalue weighted by molar-refractivity contribution is 6.07. The third kappa shape index (κ3) is 3.27. The average Bonchev–Trinajstić information content (AvgIpc) is 3.42. The molecule has 0 atom stereocenters. The number of hydrogen-bond acceptors (Lipinski definition) is 3. The van der Waals surface area contributed by atoms with Gasteiger partial charge in [-0.3, -0.25) is 9.78 Å². The van der Waals surface area contributed by atoms with E-state index in [-0.39, 0.29) is 11.3 Å². The van der Waals surface area contributed by atoms with E-state index in [0.717, 1.165) is 65.8 Å². The number of anilines is 1. The van der Waals surface area contributed by atoms with Crippen molar-refractivity contribution in [1.29, 1.82) is 0 Å². The first-order chi connectivity index (χ1) is 17.2. The van der Waals surface area contributed by atoms with Gasteiger partial charge in [-0.2, -0.15) is 0 Å². The molecule has 5 aromatic rings. The Bertz CT molecular complexity index is 1610. The van der Waals surface area contributed by atoms with Crippen molar-refractivity contribution in [2.45, 2.75) is 24.8 Å². The van der Waals surface area contributed by atoms with Gasteiger partial charge in [0.25, 0.3) is 0 Å². The van der Waals surface area contributed by atoms with Crippen molar-refractivity contribution in [3.8, 4) is 11.1 Å². The molecular weight excluding hydrogens is 432 g/mol. The Morgan fingerprint density at radius 1 is 0.886 bits per heavy atom. The van der Waals surface area contributed by atoms with Crippen LogP contribution in [0, 0.1) is 0 Å². The maximum atomic E-state index is 12.9. The largest absolute Gasteiger partial charge is 0.343 e. The van der Waals surface area contributed by atoms with E-state index in [1.165, 1.54) is 16.5 Å². The summed E-state index contributed by atoms with van der Waals surface area (Å²) < 4.78 is 2.30. The van der Waals surface area contributed by atoms with Crippen LogP contribution in [0.15, 0.2) is 85.2 Å². The van der Waals surface area contributed by atoms with Gasteiger partial charge in [0.05, 0.1) is 10.9 Å². The second-order valence-electron chi connectivity index (χ2n) is 9.79. The number of rotatable bonds is 3. The van der Waals surface area contributed by atoms with Crippen LogP contribution in [-0.2, 0) is 16.8 Å². The van der Waals surface area contributed by atoms with Gasteiger partial charge in [0.15, 0.2) is 0 Å². The van der Waals surface area contributed by atoms with Crippen LogP contribution in [0.4, 0.5) is 5.69 Å². The third-order valence-corrected chi connectivity index (χ3v) is 7.80. The van der Waals surface area contributed by atoms with Crippen molar-refractivity contribution >= 4 is 33.4 Å². The van der Waals surface area contributed by atoms with Crippen LogP contribution in [0.25, 0.3) is 32.9 Å². The zero-order valence-electron chi connectivity index (χ0n) is 19.4. The Kier molecular flexibility index (Phi) is 4.54. The van der Waals surface area contributed by atoms with Gasteiger partial charge in [-0.05, 0) is 90.0 Å². The van der Waals surface area contributed by atoms with Gasteiger partial charge in [0.1, 0.15) is 0 Å². The molecule has 0 radical (unpaired) electrons. The number of carbonyl (C=O) groups excluding carboxylic acids is 1. The fourth-order valence-corrected chi connectivity index (χ4v) is 5.88. The van der Waals surface area contributed by atoms with Crippen LogP contribution >= 0.6 is 0 Å². The Labute approximate surface area is 203 Å². The van der Waals surface area contributed by atoms with Crippen molar-refractivity contribution in [3.05, 3.63) is 96.3 Å². The molecule has 1 saturated heterocycles. The smallest absolute Gasteiger partial charge is 0.235 e. The van der Waals surface area contributed by atoms with Crippen LogP contribution in [0.5, 0.6) is 0 Å². The molecule has 7 rings (SSSR count). The first-order valence-corrected chi connectivity index (χ1v) is 12.3. The number of piperidine rings is 1. The van der Waals surface area contributed by atoms with Gasteiger partial charge in [0, 0.05) is 35.5 Å². The van der Waals surface area contributed by atoms with Crippen LogP contribution in [0.1, 0.15) is 24.0 Å². The lowest BCUT2D eigenvalue weighted by molar-refractivity contribution is -0.121. The zero-order valence-corrected chi connectivity index (χ0v) is 19.4. The molecule has 35 heavy (non-hydrogen) atoms. The van der Waals surface area contributed by atoms with E-state index in [2.05, 4.69) is 93.1 Å². The van der Waals surface area contributed by atoms with Gasteiger partial charge >= 0.3 is 0 Å². The zero-order chi connectivity index (χ0) is 23.4. The average molecular weight is 459 g/mol. The van der Waals surface area contributed by atoms with Gasteiger partial charge in [0.2, 0.25) is 5.91 Å². The molecule has 2 aliphatic heterocycles. The number of nitrogens with zero attached hydrogens (tertiary/aromatic N) is 2. The molecule has 0 bridgehead atoms. The van der Waals surface area contributed by atoms with E-state index in [0.29, 0.717) is 0 Å². The summed E-state index contributed by atoms with van der Waals surface area (Å²) in [7, 11) is 0. The lowest BCUT2D eigenvalue weighted by Gasteiger charge is -2.32. The van der Waals surface area contributed by atoms with Crippen molar-refractivity contribution < 1.29 is 4.79 Å². The van der Waals surface area contributed by atoms with Crippen molar-refractivity contribution in [3.63, 3.8) is 0 Å². The number of carbonyl (C=O) groups is 1. The van der Waals surface area contributed by atoms with Crippen molar-refractivity contribution in [2.24, 2.45) is 0 Å². The summed E-state index contributed by atoms with van der Waals surface area (Å²) in [5.74, 6) is 0.154. The molecule has 0 saturated carbocycles. The maximum Gasteiger partial charge on any atom is 0.235 e. The molecular formula is C30H26N4O. The monoisotopic (exact) mass is 458 g/mol. The fraction of sp³-hybridized carbons (Fsp3) is 0.200. The van der Waals surface area contributed by atoms with Crippen LogP contribution in [0.3, 0.4) is 0 Å². The number of nitrogens with one attached hydrogen (secondary N) is 2. The van der Waals surface area contributed by atoms with Gasteiger partial charge < -0.3 is 15.2 Å². The Balaban J connectivity index is 1.24. The van der Waals surface area contributed by atoms with E-state index in [9.17, 15) is 4.79 Å². The Hall–Kier alpha value is -3.96. The van der Waals surface area contributed by atoms with Crippen molar-refractivity contribution in [1.82, 2.24) is 14.9 Å². The highest BCUT2D eigenvalue weighted by atomic mass is 16.2. The molecule has 2 N–H and O–H groups in total. The summed E-state index contributed by atoms with van der Waals surface area (Å²) in [6, 6.07) is 25.8. The first kappa shape index (κ1) is 20.4. The third-order valence-electron chi connectivity index (χ3n) is 7.80. The SMILES string of the molecule is O=C1Nc2cc(-c3ccc4ccn(Cc5ccc6ncccc6c5)c4c3)ccc2C12CCNCC2. The molecule has 172 valence electrons. The predicted molar refractivity (Wildman–Crippen MR) is 141 cm³/mol. The van der Waals surface area contributed by atoms with Crippen LogP contribution in [0.2, 0.25) is 0 Å². The summed E-state index contributed by atoms with van der Waals surface area (Å²) in [4.78, 5) is 17.4. The van der Waals surface area contributed by atoms with Gasteiger partial charge in [-0.25, -0.2) is 0 Å².